The molecule has 0 radical (unpaired) electrons. The van der Waals surface area contributed by atoms with E-state index in [0.717, 1.165) is 23.5 Å². The van der Waals surface area contributed by atoms with E-state index < -0.39 is 47.7 Å². The predicted octanol–water partition coefficient (Wildman–Crippen LogP) is 3.22. The number of fused-ring (bicyclic) bond motifs is 1. The number of carbonyl (C=O) groups excluding carboxylic acids is 2. The number of benzene rings is 1. The Kier molecular flexibility index (Phi) is 8.39. The molecule has 2 N–H and O–H groups in total. The molecule has 0 saturated carbocycles. The molecule has 0 bridgehead atoms. The number of rotatable bonds is 6. The SMILES string of the molecule is Cc1cc(F)c(CC(CC(=O)N2CCN3C(=CCC(C)N=C3C(F)(F)F)C2)NC(=O)C2CCCN2)cc1F. The number of hydrogen-bond donors (Lipinski definition) is 2. The Morgan fingerprint density at radius 3 is 2.66 bits per heavy atom. The zero-order chi connectivity index (χ0) is 27.6. The van der Waals surface area contributed by atoms with Crippen LogP contribution in [-0.4, -0.2) is 77.9 Å². The number of hydrogen-bond acceptors (Lipinski definition) is 5. The average Bonchev–Trinajstić information content (AvgIpc) is 3.33. The standard InChI is InChI=1S/C26H32F5N5O2/c1-15-10-21(28)17(12-20(15)27)11-18(34-24(38)22-4-3-7-32-22)13-23(37)35-8-9-36-19(14-35)6-5-16(2)33-25(36)26(29,30)31/h6,10,12,16,18,22,32H,3-5,7-9,11,13-14H2,1-2H3,(H,34,38). The van der Waals surface area contributed by atoms with Gasteiger partial charge in [-0.3, -0.25) is 14.6 Å². The lowest BCUT2D eigenvalue weighted by Crippen LogP contribution is -2.53. The van der Waals surface area contributed by atoms with Crippen LogP contribution in [0.15, 0.2) is 28.9 Å². The Bertz CT molecular complexity index is 1130. The van der Waals surface area contributed by atoms with Gasteiger partial charge < -0.3 is 20.4 Å². The fourth-order valence-corrected chi connectivity index (χ4v) is 5.05. The van der Waals surface area contributed by atoms with Crippen molar-refractivity contribution >= 4 is 17.6 Å². The van der Waals surface area contributed by atoms with Crippen molar-refractivity contribution in [2.75, 3.05) is 26.2 Å². The number of nitrogens with zero attached hydrogens (tertiary/aromatic N) is 3. The molecule has 3 aliphatic heterocycles. The van der Waals surface area contributed by atoms with Crippen LogP contribution in [0.5, 0.6) is 0 Å². The van der Waals surface area contributed by atoms with Gasteiger partial charge in [-0.25, -0.2) is 8.78 Å². The Labute approximate surface area is 218 Å². The Hall–Kier alpha value is -3.02. The summed E-state index contributed by atoms with van der Waals surface area (Å²) in [6.07, 6.45) is -1.53. The van der Waals surface area contributed by atoms with Crippen LogP contribution in [0.3, 0.4) is 0 Å². The van der Waals surface area contributed by atoms with Crippen molar-refractivity contribution in [1.29, 1.82) is 0 Å². The predicted molar refractivity (Wildman–Crippen MR) is 131 cm³/mol. The van der Waals surface area contributed by atoms with Crippen LogP contribution in [-0.2, 0) is 16.0 Å². The summed E-state index contributed by atoms with van der Waals surface area (Å²) < 4.78 is 69.7. The topological polar surface area (TPSA) is 77.0 Å². The van der Waals surface area contributed by atoms with E-state index in [0.29, 0.717) is 25.1 Å². The van der Waals surface area contributed by atoms with Crippen molar-refractivity contribution in [1.82, 2.24) is 20.4 Å². The molecule has 3 aliphatic rings. The molecule has 1 aromatic rings. The fraction of sp³-hybridized carbons (Fsp3) is 0.577. The molecule has 12 heteroatoms. The molecule has 0 aliphatic carbocycles. The van der Waals surface area contributed by atoms with Gasteiger partial charge in [-0.05, 0) is 69.3 Å². The van der Waals surface area contributed by atoms with E-state index in [1.54, 1.807) is 13.0 Å². The van der Waals surface area contributed by atoms with Gasteiger partial charge >= 0.3 is 6.18 Å². The second-order valence-corrected chi connectivity index (χ2v) is 10.2. The third-order valence-corrected chi connectivity index (χ3v) is 7.13. The number of aryl methyl sites for hydroxylation is 1. The maximum absolute atomic E-state index is 14.6. The van der Waals surface area contributed by atoms with Gasteiger partial charge in [0, 0.05) is 31.2 Å². The van der Waals surface area contributed by atoms with E-state index in [1.165, 1.54) is 11.8 Å². The molecule has 3 heterocycles. The van der Waals surface area contributed by atoms with Gasteiger partial charge in [-0.2, -0.15) is 13.2 Å². The van der Waals surface area contributed by atoms with Crippen LogP contribution in [0.4, 0.5) is 22.0 Å². The number of amidine groups is 1. The van der Waals surface area contributed by atoms with Crippen molar-refractivity contribution in [2.24, 2.45) is 4.99 Å². The van der Waals surface area contributed by atoms with Crippen LogP contribution in [0, 0.1) is 18.6 Å². The molecule has 2 fully saturated rings. The minimum Gasteiger partial charge on any atom is -0.351 e. The summed E-state index contributed by atoms with van der Waals surface area (Å²) in [4.78, 5) is 32.5. The van der Waals surface area contributed by atoms with Crippen molar-refractivity contribution < 1.29 is 31.5 Å². The van der Waals surface area contributed by atoms with E-state index >= 15 is 0 Å². The molecule has 2 amide bonds. The third kappa shape index (κ3) is 6.51. The van der Waals surface area contributed by atoms with Gasteiger partial charge in [0.05, 0.1) is 18.6 Å². The van der Waals surface area contributed by atoms with Crippen molar-refractivity contribution in [3.8, 4) is 0 Å². The first-order valence-electron chi connectivity index (χ1n) is 12.8. The molecule has 3 unspecified atom stereocenters. The van der Waals surface area contributed by atoms with Gasteiger partial charge in [-0.1, -0.05) is 6.08 Å². The van der Waals surface area contributed by atoms with Gasteiger partial charge in [-0.15, -0.1) is 0 Å². The molecular weight excluding hydrogens is 509 g/mol. The Balaban J connectivity index is 1.50. The van der Waals surface area contributed by atoms with E-state index in [1.807, 2.05) is 0 Å². The number of alkyl halides is 3. The molecule has 7 nitrogen and oxygen atoms in total. The smallest absolute Gasteiger partial charge is 0.351 e. The maximum atomic E-state index is 14.6. The first kappa shape index (κ1) is 28.0. The number of amides is 2. The minimum atomic E-state index is -4.62. The maximum Gasteiger partial charge on any atom is 0.449 e. The second kappa shape index (κ2) is 11.4. The van der Waals surface area contributed by atoms with E-state index in [2.05, 4.69) is 15.6 Å². The van der Waals surface area contributed by atoms with Gasteiger partial charge in [0.2, 0.25) is 17.6 Å². The van der Waals surface area contributed by atoms with E-state index in [4.69, 9.17) is 0 Å². The van der Waals surface area contributed by atoms with Crippen LogP contribution in [0.2, 0.25) is 0 Å². The van der Waals surface area contributed by atoms with Crippen LogP contribution < -0.4 is 10.6 Å². The fourth-order valence-electron chi connectivity index (χ4n) is 5.05. The van der Waals surface area contributed by atoms with Crippen LogP contribution in [0.1, 0.15) is 43.7 Å². The Morgan fingerprint density at radius 2 is 1.97 bits per heavy atom. The number of carbonyl (C=O) groups is 2. The highest BCUT2D eigenvalue weighted by atomic mass is 19.4. The lowest BCUT2D eigenvalue weighted by molar-refractivity contribution is -0.132. The molecule has 38 heavy (non-hydrogen) atoms. The summed E-state index contributed by atoms with van der Waals surface area (Å²) in [5, 5.41) is 5.88. The summed E-state index contributed by atoms with van der Waals surface area (Å²) >= 11 is 0. The summed E-state index contributed by atoms with van der Waals surface area (Å²) in [6.45, 7) is 3.62. The number of halogens is 5. The number of aliphatic imine (C=N–C) groups is 1. The molecular formula is C26H32F5N5O2. The first-order chi connectivity index (χ1) is 17.9. The summed E-state index contributed by atoms with van der Waals surface area (Å²) in [6, 6.07) is 0.317. The lowest BCUT2D eigenvalue weighted by Gasteiger charge is -2.39. The van der Waals surface area contributed by atoms with E-state index in [-0.39, 0.29) is 49.5 Å². The average molecular weight is 542 g/mol. The number of nitrogens with one attached hydrogen (secondary N) is 2. The quantitative estimate of drug-likeness (QED) is 0.543. The molecule has 3 atom stereocenters. The molecule has 4 rings (SSSR count). The van der Waals surface area contributed by atoms with E-state index in [9.17, 15) is 31.5 Å². The zero-order valence-electron chi connectivity index (χ0n) is 21.4. The van der Waals surface area contributed by atoms with Crippen molar-refractivity contribution in [3.63, 3.8) is 0 Å². The Morgan fingerprint density at radius 1 is 1.21 bits per heavy atom. The second-order valence-electron chi connectivity index (χ2n) is 10.2. The lowest BCUT2D eigenvalue weighted by atomic mass is 9.99. The van der Waals surface area contributed by atoms with Crippen LogP contribution >= 0.6 is 0 Å². The highest BCUT2D eigenvalue weighted by molar-refractivity contribution is 5.90. The van der Waals surface area contributed by atoms with Gasteiger partial charge in [0.15, 0.2) is 0 Å². The normalized spacial score (nSPS) is 22.8. The van der Waals surface area contributed by atoms with Crippen molar-refractivity contribution in [2.45, 2.75) is 70.3 Å². The summed E-state index contributed by atoms with van der Waals surface area (Å²) in [5.41, 5.74) is 0.512. The summed E-state index contributed by atoms with van der Waals surface area (Å²) in [7, 11) is 0. The highest BCUT2D eigenvalue weighted by Crippen LogP contribution is 2.29. The molecule has 0 spiro atoms. The number of piperazine rings is 1. The molecule has 0 aromatic heterocycles. The van der Waals surface area contributed by atoms with Gasteiger partial charge in [0.25, 0.3) is 0 Å². The third-order valence-electron chi connectivity index (χ3n) is 7.13. The molecule has 1 aromatic carbocycles. The van der Waals surface area contributed by atoms with Gasteiger partial charge in [0.1, 0.15) is 11.6 Å². The summed E-state index contributed by atoms with van der Waals surface area (Å²) in [5.74, 6) is -2.93. The van der Waals surface area contributed by atoms with Crippen molar-refractivity contribution in [3.05, 3.63) is 46.7 Å². The molecule has 208 valence electrons. The van der Waals surface area contributed by atoms with Crippen LogP contribution in [0.25, 0.3) is 0 Å². The minimum absolute atomic E-state index is 0.0258. The zero-order valence-corrected chi connectivity index (χ0v) is 21.4. The first-order valence-corrected chi connectivity index (χ1v) is 12.8. The monoisotopic (exact) mass is 541 g/mol. The molecule has 2 saturated heterocycles. The largest absolute Gasteiger partial charge is 0.449 e. The highest BCUT2D eigenvalue weighted by Gasteiger charge is 2.43.